The lowest BCUT2D eigenvalue weighted by atomic mass is 9.97. The Morgan fingerprint density at radius 3 is 2.67 bits per heavy atom. The van der Waals surface area contributed by atoms with Gasteiger partial charge in [0.15, 0.2) is 0 Å². The van der Waals surface area contributed by atoms with Crippen molar-refractivity contribution in [2.45, 2.75) is 19.4 Å². The number of rotatable bonds is 3. The number of carbonyl (C=O) groups excluding carboxylic acids is 1. The summed E-state index contributed by atoms with van der Waals surface area (Å²) >= 11 is 3.48. The molecule has 2 N–H and O–H groups in total. The van der Waals surface area contributed by atoms with Gasteiger partial charge in [-0.3, -0.25) is 4.79 Å². The molecular formula is C13H18BrClN2O. The molecule has 18 heavy (non-hydrogen) atoms. The van der Waals surface area contributed by atoms with Gasteiger partial charge in [0.05, 0.1) is 0 Å². The van der Waals surface area contributed by atoms with E-state index in [1.807, 2.05) is 24.3 Å². The molecule has 1 heterocycles. The van der Waals surface area contributed by atoms with Gasteiger partial charge in [0, 0.05) is 16.9 Å². The van der Waals surface area contributed by atoms with Crippen LogP contribution in [-0.4, -0.2) is 19.0 Å². The number of amides is 1. The Morgan fingerprint density at radius 1 is 1.33 bits per heavy atom. The van der Waals surface area contributed by atoms with Crippen LogP contribution in [-0.2, 0) is 11.3 Å². The average molecular weight is 334 g/mol. The van der Waals surface area contributed by atoms with Crippen molar-refractivity contribution in [1.29, 1.82) is 0 Å². The molecule has 1 aliphatic rings. The molecule has 100 valence electrons. The Morgan fingerprint density at radius 2 is 2.00 bits per heavy atom. The van der Waals surface area contributed by atoms with Crippen LogP contribution < -0.4 is 10.6 Å². The fourth-order valence-corrected chi connectivity index (χ4v) is 2.48. The Kier molecular flexibility index (Phi) is 6.68. The Bertz CT molecular complexity index is 394. The lowest BCUT2D eigenvalue weighted by Crippen LogP contribution is -2.37. The predicted octanol–water partition coefficient (Wildman–Crippen LogP) is 2.49. The molecule has 1 aromatic rings. The van der Waals surface area contributed by atoms with Crippen molar-refractivity contribution >= 4 is 34.2 Å². The van der Waals surface area contributed by atoms with Crippen molar-refractivity contribution in [2.24, 2.45) is 5.92 Å². The molecule has 0 aliphatic carbocycles. The first-order valence-corrected chi connectivity index (χ1v) is 6.78. The second-order valence-corrected chi connectivity index (χ2v) is 5.19. The minimum atomic E-state index is 0. The largest absolute Gasteiger partial charge is 0.352 e. The van der Waals surface area contributed by atoms with Crippen LogP contribution in [0, 0.1) is 5.92 Å². The lowest BCUT2D eigenvalue weighted by molar-refractivity contribution is -0.125. The van der Waals surface area contributed by atoms with Crippen molar-refractivity contribution in [1.82, 2.24) is 10.6 Å². The minimum absolute atomic E-state index is 0. The number of halogens is 2. The van der Waals surface area contributed by atoms with Crippen molar-refractivity contribution in [2.75, 3.05) is 13.1 Å². The zero-order chi connectivity index (χ0) is 12.1. The van der Waals surface area contributed by atoms with Crippen molar-refractivity contribution in [3.63, 3.8) is 0 Å². The number of piperidine rings is 1. The summed E-state index contributed by atoms with van der Waals surface area (Å²) in [5, 5.41) is 6.28. The summed E-state index contributed by atoms with van der Waals surface area (Å²) < 4.78 is 1.05. The van der Waals surface area contributed by atoms with Gasteiger partial charge in [-0.05, 0) is 37.6 Å². The molecule has 2 rings (SSSR count). The number of hydrogen-bond acceptors (Lipinski definition) is 2. The highest BCUT2D eigenvalue weighted by Crippen LogP contribution is 2.16. The van der Waals surface area contributed by atoms with Crippen molar-refractivity contribution in [3.8, 4) is 0 Å². The third-order valence-corrected chi connectivity index (χ3v) is 3.89. The summed E-state index contributed by atoms with van der Waals surface area (Å²) in [5.41, 5.74) is 1.12. The highest BCUT2D eigenvalue weighted by Gasteiger charge is 2.20. The molecule has 1 saturated heterocycles. The van der Waals surface area contributed by atoms with E-state index < -0.39 is 0 Å². The Hall–Kier alpha value is -0.580. The van der Waals surface area contributed by atoms with Crippen LogP contribution in [0.2, 0.25) is 0 Å². The summed E-state index contributed by atoms with van der Waals surface area (Å²) in [6.45, 7) is 2.50. The van der Waals surface area contributed by atoms with Gasteiger partial charge in [0.25, 0.3) is 0 Å². The first-order valence-electron chi connectivity index (χ1n) is 5.99. The second kappa shape index (κ2) is 7.77. The van der Waals surface area contributed by atoms with Crippen LogP contribution in [0.5, 0.6) is 0 Å². The van der Waals surface area contributed by atoms with Crippen LogP contribution in [0.3, 0.4) is 0 Å². The van der Waals surface area contributed by atoms with Crippen LogP contribution in [0.15, 0.2) is 28.7 Å². The molecule has 0 bridgehead atoms. The number of nitrogens with one attached hydrogen (secondary N) is 2. The first kappa shape index (κ1) is 15.5. The quantitative estimate of drug-likeness (QED) is 0.892. The van der Waals surface area contributed by atoms with E-state index in [2.05, 4.69) is 26.6 Å². The van der Waals surface area contributed by atoms with Crippen molar-refractivity contribution < 1.29 is 4.79 Å². The molecule has 0 unspecified atom stereocenters. The SMILES string of the molecule is Cl.O=C(NCc1ccccc1Br)C1CCNCC1. The van der Waals surface area contributed by atoms with Crippen LogP contribution >= 0.6 is 28.3 Å². The van der Waals surface area contributed by atoms with Gasteiger partial charge < -0.3 is 10.6 Å². The smallest absolute Gasteiger partial charge is 0.223 e. The average Bonchev–Trinajstić information content (AvgIpc) is 2.38. The fraction of sp³-hybridized carbons (Fsp3) is 0.462. The highest BCUT2D eigenvalue weighted by molar-refractivity contribution is 9.10. The summed E-state index contributed by atoms with van der Waals surface area (Å²) in [6.07, 6.45) is 1.89. The van der Waals surface area contributed by atoms with Crippen LogP contribution in [0.4, 0.5) is 0 Å². The molecule has 0 radical (unpaired) electrons. The third kappa shape index (κ3) is 4.26. The normalized spacial score (nSPS) is 15.8. The number of carbonyl (C=O) groups is 1. The molecule has 0 spiro atoms. The van der Waals surface area contributed by atoms with E-state index >= 15 is 0 Å². The topological polar surface area (TPSA) is 41.1 Å². The Labute approximate surface area is 122 Å². The summed E-state index contributed by atoms with van der Waals surface area (Å²) in [4.78, 5) is 11.9. The molecule has 5 heteroatoms. The highest BCUT2D eigenvalue weighted by atomic mass is 79.9. The molecule has 1 aromatic carbocycles. The van der Waals surface area contributed by atoms with E-state index in [1.165, 1.54) is 0 Å². The van der Waals surface area contributed by atoms with Gasteiger partial charge >= 0.3 is 0 Å². The van der Waals surface area contributed by atoms with Crippen LogP contribution in [0.25, 0.3) is 0 Å². The standard InChI is InChI=1S/C13H17BrN2O.ClH/c14-12-4-2-1-3-11(12)9-16-13(17)10-5-7-15-8-6-10;/h1-4,10,15H,5-9H2,(H,16,17);1H. The molecule has 0 aromatic heterocycles. The van der Waals surface area contributed by atoms with E-state index in [-0.39, 0.29) is 24.2 Å². The molecule has 1 aliphatic heterocycles. The molecule has 1 amide bonds. The van der Waals surface area contributed by atoms with E-state index in [0.717, 1.165) is 36.0 Å². The molecular weight excluding hydrogens is 316 g/mol. The van der Waals surface area contributed by atoms with Gasteiger partial charge in [-0.2, -0.15) is 0 Å². The van der Waals surface area contributed by atoms with Crippen LogP contribution in [0.1, 0.15) is 18.4 Å². The van der Waals surface area contributed by atoms with Crippen molar-refractivity contribution in [3.05, 3.63) is 34.3 Å². The predicted molar refractivity (Wildman–Crippen MR) is 78.8 cm³/mol. The first-order chi connectivity index (χ1) is 8.27. The van der Waals surface area contributed by atoms with Gasteiger partial charge in [0.2, 0.25) is 5.91 Å². The summed E-state index contributed by atoms with van der Waals surface area (Å²) in [5.74, 6) is 0.362. The molecule has 0 saturated carbocycles. The Balaban J connectivity index is 0.00000162. The zero-order valence-electron chi connectivity index (χ0n) is 10.1. The third-order valence-electron chi connectivity index (χ3n) is 3.12. The number of hydrogen-bond donors (Lipinski definition) is 2. The summed E-state index contributed by atoms with van der Waals surface area (Å²) in [7, 11) is 0. The maximum Gasteiger partial charge on any atom is 0.223 e. The maximum atomic E-state index is 11.9. The fourth-order valence-electron chi connectivity index (χ4n) is 2.05. The zero-order valence-corrected chi connectivity index (χ0v) is 12.5. The van der Waals surface area contributed by atoms with Gasteiger partial charge in [-0.1, -0.05) is 34.1 Å². The minimum Gasteiger partial charge on any atom is -0.352 e. The summed E-state index contributed by atoms with van der Waals surface area (Å²) in [6, 6.07) is 7.97. The lowest BCUT2D eigenvalue weighted by Gasteiger charge is -2.21. The van der Waals surface area contributed by atoms with E-state index in [4.69, 9.17) is 0 Å². The van der Waals surface area contributed by atoms with E-state index in [0.29, 0.717) is 6.54 Å². The monoisotopic (exact) mass is 332 g/mol. The second-order valence-electron chi connectivity index (χ2n) is 4.33. The molecule has 3 nitrogen and oxygen atoms in total. The van der Waals surface area contributed by atoms with E-state index in [9.17, 15) is 4.79 Å². The van der Waals surface area contributed by atoms with Gasteiger partial charge in [-0.25, -0.2) is 0 Å². The number of benzene rings is 1. The maximum absolute atomic E-state index is 11.9. The van der Waals surface area contributed by atoms with Gasteiger partial charge in [-0.15, -0.1) is 12.4 Å². The van der Waals surface area contributed by atoms with Gasteiger partial charge in [0.1, 0.15) is 0 Å². The molecule has 1 fully saturated rings. The van der Waals surface area contributed by atoms with E-state index in [1.54, 1.807) is 0 Å². The molecule has 0 atom stereocenters.